The quantitative estimate of drug-likeness (QED) is 0.0428. The van der Waals surface area contributed by atoms with Crippen LogP contribution in [0.2, 0.25) is 0 Å². The van der Waals surface area contributed by atoms with Crippen molar-refractivity contribution >= 4 is 5.91 Å². The largest absolute Gasteiger partial charge is 0.394 e. The predicted molar refractivity (Wildman–Crippen MR) is 182 cm³/mol. The molecule has 1 saturated heterocycles. The molecule has 0 saturated carbocycles. The summed E-state index contributed by atoms with van der Waals surface area (Å²) in [7, 11) is 0. The number of aliphatic hydroxyl groups is 7. The van der Waals surface area contributed by atoms with E-state index in [1.165, 1.54) is 44.9 Å². The van der Waals surface area contributed by atoms with Gasteiger partial charge < -0.3 is 50.5 Å². The van der Waals surface area contributed by atoms with Gasteiger partial charge in [-0.05, 0) is 38.5 Å². The first-order valence-corrected chi connectivity index (χ1v) is 18.6. The molecule has 0 bridgehead atoms. The van der Waals surface area contributed by atoms with Crippen molar-refractivity contribution in [3.8, 4) is 0 Å². The second kappa shape index (κ2) is 27.6. The molecule has 1 heterocycles. The zero-order valence-corrected chi connectivity index (χ0v) is 29.3. The maximum absolute atomic E-state index is 12.9. The minimum absolute atomic E-state index is 0.246. The summed E-state index contributed by atoms with van der Waals surface area (Å²) >= 11 is 0. The Morgan fingerprint density at radius 2 is 1.23 bits per heavy atom. The monoisotopic (exact) mass is 675 g/mol. The Bertz CT molecular complexity index is 785. The predicted octanol–water partition coefficient (Wildman–Crippen LogP) is 3.77. The highest BCUT2D eigenvalue weighted by Gasteiger charge is 2.44. The van der Waals surface area contributed by atoms with E-state index in [9.17, 15) is 40.5 Å². The number of allylic oxidation sites excluding steroid dienone is 2. The van der Waals surface area contributed by atoms with E-state index in [0.717, 1.165) is 57.8 Å². The van der Waals surface area contributed by atoms with Crippen molar-refractivity contribution in [1.82, 2.24) is 5.32 Å². The molecule has 1 aliphatic heterocycles. The molecule has 0 aliphatic carbocycles. The van der Waals surface area contributed by atoms with Crippen LogP contribution in [0, 0.1) is 0 Å². The van der Waals surface area contributed by atoms with Crippen LogP contribution in [0.5, 0.6) is 0 Å². The Morgan fingerprint density at radius 3 is 1.79 bits per heavy atom. The van der Waals surface area contributed by atoms with Gasteiger partial charge in [-0.2, -0.15) is 0 Å². The van der Waals surface area contributed by atoms with Crippen molar-refractivity contribution in [3.63, 3.8) is 0 Å². The van der Waals surface area contributed by atoms with Crippen LogP contribution in [0.15, 0.2) is 12.2 Å². The van der Waals surface area contributed by atoms with Crippen LogP contribution < -0.4 is 5.32 Å². The highest BCUT2D eigenvalue weighted by atomic mass is 16.7. The molecule has 11 heteroatoms. The fraction of sp³-hybridized carbons (Fsp3) is 0.917. The molecule has 0 spiro atoms. The molecule has 0 aromatic heterocycles. The Morgan fingerprint density at radius 1 is 0.723 bits per heavy atom. The van der Waals surface area contributed by atoms with Gasteiger partial charge in [0.15, 0.2) is 6.29 Å². The first-order valence-electron chi connectivity index (χ1n) is 18.6. The standard InChI is InChI=1S/C36H69NO10/c1-3-5-7-9-10-11-12-13-14-15-16-17-18-20-22-24-29(40)35(45)37-27(31(41)28(39)23-21-19-8-6-4-2)26-46-36-34(44)33(43)32(42)30(25-38)47-36/h14-15,27-34,36,38-44H,3-13,16-26H2,1-2H3,(H,37,45)/b15-14-. The van der Waals surface area contributed by atoms with Crippen LogP contribution in [0.25, 0.3) is 0 Å². The molecule has 1 fully saturated rings. The van der Waals surface area contributed by atoms with E-state index in [2.05, 4.69) is 31.3 Å². The average molecular weight is 676 g/mol. The summed E-state index contributed by atoms with van der Waals surface area (Å²) in [6.45, 7) is 3.28. The minimum atomic E-state index is -1.66. The van der Waals surface area contributed by atoms with Gasteiger partial charge >= 0.3 is 0 Å². The third-order valence-electron chi connectivity index (χ3n) is 9.07. The molecule has 0 aromatic rings. The minimum Gasteiger partial charge on any atom is -0.394 e. The topological polar surface area (TPSA) is 189 Å². The molecule has 0 radical (unpaired) electrons. The number of hydrogen-bond donors (Lipinski definition) is 8. The van der Waals surface area contributed by atoms with Gasteiger partial charge in [0.2, 0.25) is 5.91 Å². The van der Waals surface area contributed by atoms with Gasteiger partial charge in [-0.1, -0.05) is 116 Å². The Balaban J connectivity index is 2.50. The van der Waals surface area contributed by atoms with Crippen molar-refractivity contribution in [3.05, 3.63) is 12.2 Å². The summed E-state index contributed by atoms with van der Waals surface area (Å²) in [5.74, 6) is -0.713. The first kappa shape index (κ1) is 43.9. The van der Waals surface area contributed by atoms with E-state index in [-0.39, 0.29) is 6.42 Å². The van der Waals surface area contributed by atoms with E-state index >= 15 is 0 Å². The van der Waals surface area contributed by atoms with Crippen LogP contribution in [0.4, 0.5) is 0 Å². The molecular formula is C36H69NO10. The van der Waals surface area contributed by atoms with Crippen molar-refractivity contribution in [2.75, 3.05) is 13.2 Å². The van der Waals surface area contributed by atoms with E-state index in [1.54, 1.807) is 0 Å². The summed E-state index contributed by atoms with van der Waals surface area (Å²) in [6, 6.07) is -1.16. The number of amides is 1. The molecule has 0 aromatic carbocycles. The van der Waals surface area contributed by atoms with Gasteiger partial charge in [-0.3, -0.25) is 4.79 Å². The third-order valence-corrected chi connectivity index (χ3v) is 9.07. The van der Waals surface area contributed by atoms with Crippen LogP contribution in [-0.2, 0) is 14.3 Å². The van der Waals surface area contributed by atoms with E-state index in [0.29, 0.717) is 19.3 Å². The molecule has 1 amide bonds. The first-order chi connectivity index (χ1) is 22.7. The SMILES string of the molecule is CCCCCCCCC/C=C\CCCCCCC(O)C(=O)NC(COC1OC(CO)C(O)C(O)C1O)C(O)C(O)CCCCCCC. The van der Waals surface area contributed by atoms with Crippen LogP contribution >= 0.6 is 0 Å². The molecule has 1 rings (SSSR count). The lowest BCUT2D eigenvalue weighted by Crippen LogP contribution is -2.60. The van der Waals surface area contributed by atoms with Crippen LogP contribution in [-0.4, -0.2) is 110 Å². The van der Waals surface area contributed by atoms with Gasteiger partial charge in [0.05, 0.1) is 25.4 Å². The number of ether oxygens (including phenoxy) is 2. The van der Waals surface area contributed by atoms with Gasteiger partial charge in [-0.15, -0.1) is 0 Å². The van der Waals surface area contributed by atoms with Crippen molar-refractivity contribution < 1.29 is 50.0 Å². The number of nitrogens with one attached hydrogen (secondary N) is 1. The molecule has 9 unspecified atom stereocenters. The number of aliphatic hydroxyl groups excluding tert-OH is 7. The fourth-order valence-corrected chi connectivity index (χ4v) is 5.84. The summed E-state index contributed by atoms with van der Waals surface area (Å²) in [5, 5.41) is 74.6. The van der Waals surface area contributed by atoms with Crippen molar-refractivity contribution in [1.29, 1.82) is 0 Å². The Labute approximate surface area is 283 Å². The van der Waals surface area contributed by atoms with Gasteiger partial charge in [0, 0.05) is 0 Å². The van der Waals surface area contributed by atoms with Crippen LogP contribution in [0.3, 0.4) is 0 Å². The second-order valence-corrected chi connectivity index (χ2v) is 13.3. The number of rotatable bonds is 29. The molecule has 1 aliphatic rings. The smallest absolute Gasteiger partial charge is 0.249 e. The number of carbonyl (C=O) groups is 1. The maximum Gasteiger partial charge on any atom is 0.249 e. The van der Waals surface area contributed by atoms with Crippen LogP contribution in [0.1, 0.15) is 142 Å². The second-order valence-electron chi connectivity index (χ2n) is 13.3. The van der Waals surface area contributed by atoms with Gasteiger partial charge in [-0.25, -0.2) is 0 Å². The highest BCUT2D eigenvalue weighted by Crippen LogP contribution is 2.23. The molecular weight excluding hydrogens is 606 g/mol. The molecule has 11 nitrogen and oxygen atoms in total. The molecule has 47 heavy (non-hydrogen) atoms. The van der Waals surface area contributed by atoms with Crippen molar-refractivity contribution in [2.24, 2.45) is 0 Å². The fourth-order valence-electron chi connectivity index (χ4n) is 5.84. The Hall–Kier alpha value is -1.15. The summed E-state index contributed by atoms with van der Waals surface area (Å²) in [6.07, 6.45) is 13.3. The lowest BCUT2D eigenvalue weighted by molar-refractivity contribution is -0.303. The zero-order chi connectivity index (χ0) is 34.9. The lowest BCUT2D eigenvalue weighted by Gasteiger charge is -2.40. The highest BCUT2D eigenvalue weighted by molar-refractivity contribution is 5.80. The molecule has 8 N–H and O–H groups in total. The number of carbonyl (C=O) groups excluding carboxylic acids is 1. The molecule has 9 atom stereocenters. The summed E-state index contributed by atoms with van der Waals surface area (Å²) in [4.78, 5) is 12.9. The Kier molecular flexibility index (Phi) is 25.8. The summed E-state index contributed by atoms with van der Waals surface area (Å²) < 4.78 is 11.0. The van der Waals surface area contributed by atoms with E-state index in [4.69, 9.17) is 9.47 Å². The maximum atomic E-state index is 12.9. The van der Waals surface area contributed by atoms with Gasteiger partial charge in [0.1, 0.15) is 36.6 Å². The van der Waals surface area contributed by atoms with Gasteiger partial charge in [0.25, 0.3) is 0 Å². The average Bonchev–Trinajstić information content (AvgIpc) is 3.07. The zero-order valence-electron chi connectivity index (χ0n) is 29.3. The third kappa shape index (κ3) is 19.0. The van der Waals surface area contributed by atoms with E-state index < -0.39 is 74.2 Å². The lowest BCUT2D eigenvalue weighted by atomic mass is 9.98. The summed E-state index contributed by atoms with van der Waals surface area (Å²) in [5.41, 5.74) is 0. The van der Waals surface area contributed by atoms with Crippen molar-refractivity contribution in [2.45, 2.75) is 197 Å². The number of unbranched alkanes of at least 4 members (excludes halogenated alkanes) is 15. The normalized spacial score (nSPS) is 24.3. The molecule has 278 valence electrons. The van der Waals surface area contributed by atoms with E-state index in [1.807, 2.05) is 0 Å². The number of hydrogen-bond acceptors (Lipinski definition) is 10.